The first-order valence-electron chi connectivity index (χ1n) is 11.9. The third-order valence-corrected chi connectivity index (χ3v) is 5.94. The molecule has 3 aromatic rings. The molecular formula is C26H31N9O. The highest BCUT2D eigenvalue weighted by Gasteiger charge is 2.22. The zero-order chi connectivity index (χ0) is 25.3. The Labute approximate surface area is 211 Å². The second-order valence-corrected chi connectivity index (χ2v) is 8.93. The van der Waals surface area contributed by atoms with Crippen molar-refractivity contribution in [2.75, 3.05) is 50.9 Å². The zero-order valence-corrected chi connectivity index (χ0v) is 20.6. The maximum Gasteiger partial charge on any atom is 0.244 e. The number of hydrogen-bond donors (Lipinski definition) is 3. The van der Waals surface area contributed by atoms with Crippen molar-refractivity contribution in [2.45, 2.75) is 19.0 Å². The highest BCUT2D eigenvalue weighted by Crippen LogP contribution is 2.18. The molecule has 0 spiro atoms. The van der Waals surface area contributed by atoms with Crippen LogP contribution in [0.1, 0.15) is 16.7 Å². The van der Waals surface area contributed by atoms with Crippen molar-refractivity contribution in [1.29, 1.82) is 5.26 Å². The van der Waals surface area contributed by atoms with Crippen molar-refractivity contribution in [3.05, 3.63) is 71.5 Å². The average Bonchev–Trinajstić information content (AvgIpc) is 2.89. The van der Waals surface area contributed by atoms with Gasteiger partial charge in [0.2, 0.25) is 17.8 Å². The average molecular weight is 486 g/mol. The number of carbonyl (C=O) groups excluding carboxylic acids is 1. The fraction of sp³-hybridized carbons (Fsp3) is 0.346. The third kappa shape index (κ3) is 6.97. The molecular weight excluding hydrogens is 454 g/mol. The lowest BCUT2D eigenvalue weighted by atomic mass is 10.0. The molecule has 1 atom stereocenters. The number of piperazine rings is 1. The minimum absolute atomic E-state index is 0.102. The number of amides is 1. The van der Waals surface area contributed by atoms with Gasteiger partial charge < -0.3 is 20.9 Å². The Morgan fingerprint density at radius 3 is 2.58 bits per heavy atom. The van der Waals surface area contributed by atoms with Gasteiger partial charge in [0.25, 0.3) is 0 Å². The van der Waals surface area contributed by atoms with Crippen LogP contribution in [-0.4, -0.2) is 77.0 Å². The van der Waals surface area contributed by atoms with E-state index < -0.39 is 6.04 Å². The first-order chi connectivity index (χ1) is 17.5. The number of likely N-dealkylation sites (N-methyl/N-ethyl adjacent to an activating group) is 1. The normalized spacial score (nSPS) is 14.5. The zero-order valence-electron chi connectivity index (χ0n) is 20.6. The summed E-state index contributed by atoms with van der Waals surface area (Å²) >= 11 is 0. The molecule has 4 rings (SSSR count). The van der Waals surface area contributed by atoms with E-state index in [2.05, 4.69) is 54.0 Å². The number of benzene rings is 2. The fourth-order valence-corrected chi connectivity index (χ4v) is 4.05. The van der Waals surface area contributed by atoms with Crippen LogP contribution in [0.15, 0.2) is 54.9 Å². The predicted molar refractivity (Wildman–Crippen MR) is 139 cm³/mol. The van der Waals surface area contributed by atoms with Crippen LogP contribution in [0.2, 0.25) is 0 Å². The molecule has 186 valence electrons. The van der Waals surface area contributed by atoms with E-state index >= 15 is 0 Å². The molecule has 10 nitrogen and oxygen atoms in total. The Morgan fingerprint density at radius 1 is 1.11 bits per heavy atom. The molecule has 3 N–H and O–H groups in total. The van der Waals surface area contributed by atoms with E-state index in [-0.39, 0.29) is 5.91 Å². The summed E-state index contributed by atoms with van der Waals surface area (Å²) in [5.41, 5.74) is 3.61. The van der Waals surface area contributed by atoms with Crippen molar-refractivity contribution in [3.63, 3.8) is 0 Å². The van der Waals surface area contributed by atoms with Gasteiger partial charge in [-0.2, -0.15) is 10.2 Å². The standard InChI is InChI=1S/C26H31N9O/c1-34(2)24(36)23(15-19-6-8-20(16-27)9-7-19)32-26-30-18-29-25(33-26)31-22-5-3-4-21(14-22)17-35-12-10-28-11-13-35/h3-9,14,18,23,28H,10-13,15,17H2,1-2H3,(H2,29,30,31,32,33). The molecule has 1 unspecified atom stereocenters. The largest absolute Gasteiger partial charge is 0.347 e. The van der Waals surface area contributed by atoms with Crippen LogP contribution < -0.4 is 16.0 Å². The van der Waals surface area contributed by atoms with Gasteiger partial charge in [-0.1, -0.05) is 24.3 Å². The number of hydrogen-bond acceptors (Lipinski definition) is 9. The molecule has 0 saturated carbocycles. The Morgan fingerprint density at radius 2 is 1.86 bits per heavy atom. The lowest BCUT2D eigenvalue weighted by Gasteiger charge is -2.27. The monoisotopic (exact) mass is 485 g/mol. The lowest BCUT2D eigenvalue weighted by molar-refractivity contribution is -0.129. The summed E-state index contributed by atoms with van der Waals surface area (Å²) in [6, 6.07) is 16.9. The van der Waals surface area contributed by atoms with Gasteiger partial charge in [0.05, 0.1) is 11.6 Å². The number of carbonyl (C=O) groups is 1. The topological polar surface area (TPSA) is 122 Å². The summed E-state index contributed by atoms with van der Waals surface area (Å²) in [6.07, 6.45) is 1.84. The number of rotatable bonds is 9. The van der Waals surface area contributed by atoms with Crippen LogP contribution in [0.25, 0.3) is 0 Å². The van der Waals surface area contributed by atoms with Gasteiger partial charge in [-0.05, 0) is 35.4 Å². The minimum atomic E-state index is -0.578. The second-order valence-electron chi connectivity index (χ2n) is 8.93. The summed E-state index contributed by atoms with van der Waals surface area (Å²) in [6.45, 7) is 5.00. The second kappa shape index (κ2) is 12.1. The van der Waals surface area contributed by atoms with Gasteiger partial charge in [0.1, 0.15) is 12.4 Å². The number of nitrogens with one attached hydrogen (secondary N) is 3. The number of anilines is 3. The Hall–Kier alpha value is -4.07. The maximum atomic E-state index is 12.9. The van der Waals surface area contributed by atoms with Crippen molar-refractivity contribution in [2.24, 2.45) is 0 Å². The van der Waals surface area contributed by atoms with E-state index in [1.165, 1.54) is 16.8 Å². The van der Waals surface area contributed by atoms with Crippen molar-refractivity contribution in [3.8, 4) is 6.07 Å². The number of nitrogens with zero attached hydrogens (tertiary/aromatic N) is 6. The maximum absolute atomic E-state index is 12.9. The van der Waals surface area contributed by atoms with E-state index in [9.17, 15) is 4.79 Å². The van der Waals surface area contributed by atoms with Gasteiger partial charge in [-0.25, -0.2) is 9.97 Å². The van der Waals surface area contributed by atoms with Crippen molar-refractivity contribution in [1.82, 2.24) is 30.1 Å². The molecule has 2 heterocycles. The molecule has 1 aliphatic rings. The SMILES string of the molecule is CN(C)C(=O)C(Cc1ccc(C#N)cc1)Nc1ncnc(Nc2cccc(CN3CCNCC3)c2)n1. The van der Waals surface area contributed by atoms with Crippen LogP contribution in [0.5, 0.6) is 0 Å². The van der Waals surface area contributed by atoms with Crippen LogP contribution >= 0.6 is 0 Å². The van der Waals surface area contributed by atoms with Crippen LogP contribution in [0, 0.1) is 11.3 Å². The molecule has 0 bridgehead atoms. The molecule has 10 heteroatoms. The van der Waals surface area contributed by atoms with Gasteiger partial charge in [-0.3, -0.25) is 9.69 Å². The Bertz CT molecular complexity index is 1200. The summed E-state index contributed by atoms with van der Waals surface area (Å²) in [7, 11) is 3.42. The van der Waals surface area contributed by atoms with Gasteiger partial charge in [0, 0.05) is 58.9 Å². The molecule has 1 amide bonds. The van der Waals surface area contributed by atoms with Crippen LogP contribution in [0.4, 0.5) is 17.6 Å². The Kier molecular flexibility index (Phi) is 8.39. The highest BCUT2D eigenvalue weighted by molar-refractivity contribution is 5.84. The summed E-state index contributed by atoms with van der Waals surface area (Å²) in [4.78, 5) is 29.8. The molecule has 0 aliphatic carbocycles. The van der Waals surface area contributed by atoms with Crippen LogP contribution in [-0.2, 0) is 17.8 Å². The van der Waals surface area contributed by atoms with Crippen molar-refractivity contribution >= 4 is 23.5 Å². The summed E-state index contributed by atoms with van der Waals surface area (Å²) in [5, 5.41) is 18.8. The molecule has 1 aliphatic heterocycles. The van der Waals surface area contributed by atoms with E-state index in [4.69, 9.17) is 5.26 Å². The van der Waals surface area contributed by atoms with Crippen LogP contribution in [0.3, 0.4) is 0 Å². The summed E-state index contributed by atoms with van der Waals surface area (Å²) in [5.74, 6) is 0.592. The third-order valence-electron chi connectivity index (χ3n) is 5.94. The van der Waals surface area contributed by atoms with Crippen molar-refractivity contribution < 1.29 is 4.79 Å². The van der Waals surface area contributed by atoms with E-state index in [0.29, 0.717) is 23.9 Å². The lowest BCUT2D eigenvalue weighted by Crippen LogP contribution is -2.42. The first kappa shape index (κ1) is 25.0. The van der Waals surface area contributed by atoms with Gasteiger partial charge >= 0.3 is 0 Å². The van der Waals surface area contributed by atoms with Gasteiger partial charge in [0.15, 0.2) is 0 Å². The molecule has 0 radical (unpaired) electrons. The van der Waals surface area contributed by atoms with Gasteiger partial charge in [-0.15, -0.1) is 0 Å². The van der Waals surface area contributed by atoms with E-state index in [0.717, 1.165) is 44.0 Å². The van der Waals surface area contributed by atoms with E-state index in [1.54, 1.807) is 26.2 Å². The van der Waals surface area contributed by atoms with E-state index in [1.807, 2.05) is 24.3 Å². The Balaban J connectivity index is 1.45. The number of aromatic nitrogens is 3. The first-order valence-corrected chi connectivity index (χ1v) is 11.9. The molecule has 1 saturated heterocycles. The molecule has 2 aromatic carbocycles. The fourth-order valence-electron chi connectivity index (χ4n) is 4.05. The minimum Gasteiger partial charge on any atom is -0.347 e. The quantitative estimate of drug-likeness (QED) is 0.418. The number of nitriles is 1. The summed E-state index contributed by atoms with van der Waals surface area (Å²) < 4.78 is 0. The highest BCUT2D eigenvalue weighted by atomic mass is 16.2. The molecule has 1 fully saturated rings. The molecule has 1 aromatic heterocycles. The smallest absolute Gasteiger partial charge is 0.244 e. The predicted octanol–water partition coefficient (Wildman–Crippen LogP) is 2.00. The molecule has 36 heavy (non-hydrogen) atoms.